The lowest BCUT2D eigenvalue weighted by Gasteiger charge is -2.17. The van der Waals surface area contributed by atoms with Gasteiger partial charge in [0, 0.05) is 29.5 Å². The summed E-state index contributed by atoms with van der Waals surface area (Å²) < 4.78 is 36.9. The Kier molecular flexibility index (Phi) is 6.48. The molecule has 0 saturated heterocycles. The second-order valence-corrected chi connectivity index (χ2v) is 5.79. The van der Waals surface area contributed by atoms with Gasteiger partial charge in [-0.1, -0.05) is 27.5 Å². The number of carbonyl (C=O) groups excluding carboxylic acids is 1. The van der Waals surface area contributed by atoms with Crippen molar-refractivity contribution in [2.75, 3.05) is 20.1 Å². The van der Waals surface area contributed by atoms with E-state index >= 15 is 0 Å². The van der Waals surface area contributed by atoms with Gasteiger partial charge in [0.1, 0.15) is 0 Å². The average Bonchev–Trinajstić information content (AvgIpc) is 2.32. The molecule has 1 aromatic carbocycles. The Hall–Kier alpha value is -0.590. The third-order valence-electron chi connectivity index (χ3n) is 2.73. The first kappa shape index (κ1) is 17.5. The van der Waals surface area contributed by atoms with Crippen LogP contribution in [0.3, 0.4) is 0 Å². The normalized spacial score (nSPS) is 11.9. The summed E-state index contributed by atoms with van der Waals surface area (Å²) in [6.45, 7) is 0.145. The van der Waals surface area contributed by atoms with Crippen molar-refractivity contribution in [3.8, 4) is 0 Å². The van der Waals surface area contributed by atoms with Gasteiger partial charge in [0.05, 0.1) is 11.4 Å². The topological polar surface area (TPSA) is 20.3 Å². The molecule has 7 heteroatoms. The Balaban J connectivity index is 2.47. The van der Waals surface area contributed by atoms with Gasteiger partial charge < -0.3 is 4.90 Å². The lowest BCUT2D eigenvalue weighted by Crippen LogP contribution is -2.26. The maximum absolute atomic E-state index is 12.1. The van der Waals surface area contributed by atoms with Gasteiger partial charge in [-0.25, -0.2) is 0 Å². The average molecular weight is 373 g/mol. The van der Waals surface area contributed by atoms with E-state index in [1.165, 1.54) is 4.90 Å². The monoisotopic (exact) mass is 371 g/mol. The molecule has 0 amide bonds. The Morgan fingerprint density at radius 3 is 2.55 bits per heavy atom. The Morgan fingerprint density at radius 2 is 2.00 bits per heavy atom. The number of ketones is 1. The largest absolute Gasteiger partial charge is 0.390 e. The summed E-state index contributed by atoms with van der Waals surface area (Å²) in [5.74, 6) is -0.179. The summed E-state index contributed by atoms with van der Waals surface area (Å²) in [7, 11) is 1.56. The number of rotatable bonds is 6. The standard InChI is InChI=1S/C13H14BrClF3NO/c1-19(7-5-13(16,17)18)6-4-12(20)10-3-2-9(14)8-11(10)15/h2-3,8H,4-7H2,1H3. The van der Waals surface area contributed by atoms with E-state index in [1.807, 2.05) is 0 Å². The summed E-state index contributed by atoms with van der Waals surface area (Å²) >= 11 is 9.18. The van der Waals surface area contributed by atoms with Crippen molar-refractivity contribution >= 4 is 33.3 Å². The van der Waals surface area contributed by atoms with Crippen LogP contribution in [0.25, 0.3) is 0 Å². The van der Waals surface area contributed by atoms with E-state index in [2.05, 4.69) is 15.9 Å². The molecule has 1 rings (SSSR count). The number of benzene rings is 1. The molecule has 20 heavy (non-hydrogen) atoms. The zero-order valence-electron chi connectivity index (χ0n) is 10.8. The van der Waals surface area contributed by atoms with Gasteiger partial charge in [-0.05, 0) is 25.2 Å². The van der Waals surface area contributed by atoms with E-state index in [9.17, 15) is 18.0 Å². The van der Waals surface area contributed by atoms with Crippen LogP contribution in [0.2, 0.25) is 5.02 Å². The number of hydrogen-bond acceptors (Lipinski definition) is 2. The predicted molar refractivity (Wildman–Crippen MR) is 76.3 cm³/mol. The summed E-state index contributed by atoms with van der Waals surface area (Å²) in [6, 6.07) is 4.92. The minimum absolute atomic E-state index is 0.120. The molecular weight excluding hydrogens is 358 g/mol. The van der Waals surface area contributed by atoms with E-state index in [-0.39, 0.29) is 25.3 Å². The molecule has 112 valence electrons. The summed E-state index contributed by atoms with van der Waals surface area (Å²) in [6.07, 6.45) is -4.92. The van der Waals surface area contributed by atoms with Gasteiger partial charge >= 0.3 is 6.18 Å². The first-order chi connectivity index (χ1) is 9.19. The third kappa shape index (κ3) is 6.24. The Bertz CT molecular complexity index is 479. The van der Waals surface area contributed by atoms with Crippen molar-refractivity contribution in [1.29, 1.82) is 0 Å². The van der Waals surface area contributed by atoms with Crippen LogP contribution in [0.4, 0.5) is 13.2 Å². The van der Waals surface area contributed by atoms with Gasteiger partial charge in [-0.15, -0.1) is 0 Å². The lowest BCUT2D eigenvalue weighted by molar-refractivity contribution is -0.137. The van der Waals surface area contributed by atoms with Gasteiger partial charge in [-0.2, -0.15) is 13.2 Å². The van der Waals surface area contributed by atoms with Gasteiger partial charge in [0.2, 0.25) is 0 Å². The van der Waals surface area contributed by atoms with Crippen molar-refractivity contribution in [3.05, 3.63) is 33.3 Å². The van der Waals surface area contributed by atoms with Crippen molar-refractivity contribution in [1.82, 2.24) is 4.90 Å². The van der Waals surface area contributed by atoms with Crippen molar-refractivity contribution in [2.24, 2.45) is 0 Å². The van der Waals surface area contributed by atoms with Crippen LogP contribution in [0, 0.1) is 0 Å². The van der Waals surface area contributed by atoms with Gasteiger partial charge in [0.25, 0.3) is 0 Å². The molecule has 0 N–H and O–H groups in total. The zero-order chi connectivity index (χ0) is 15.3. The van der Waals surface area contributed by atoms with Crippen molar-refractivity contribution in [3.63, 3.8) is 0 Å². The zero-order valence-corrected chi connectivity index (χ0v) is 13.1. The van der Waals surface area contributed by atoms with Crippen LogP contribution in [0.15, 0.2) is 22.7 Å². The second kappa shape index (κ2) is 7.43. The molecule has 0 aliphatic heterocycles. The molecule has 1 aromatic rings. The van der Waals surface area contributed by atoms with Crippen LogP contribution in [-0.2, 0) is 0 Å². The molecule has 0 heterocycles. The Morgan fingerprint density at radius 1 is 1.35 bits per heavy atom. The highest BCUT2D eigenvalue weighted by Crippen LogP contribution is 2.23. The molecular formula is C13H14BrClF3NO. The summed E-state index contributed by atoms with van der Waals surface area (Å²) in [5, 5.41) is 0.335. The quantitative estimate of drug-likeness (QED) is 0.682. The number of Topliss-reactive ketones (excluding diaryl/α,β-unsaturated/α-hetero) is 1. The fraction of sp³-hybridized carbons (Fsp3) is 0.462. The molecule has 0 radical (unpaired) electrons. The highest BCUT2D eigenvalue weighted by molar-refractivity contribution is 9.10. The fourth-order valence-electron chi connectivity index (χ4n) is 1.57. The maximum atomic E-state index is 12.1. The van der Waals surface area contributed by atoms with Crippen molar-refractivity contribution < 1.29 is 18.0 Å². The number of hydrogen-bond donors (Lipinski definition) is 0. The van der Waals surface area contributed by atoms with E-state index in [4.69, 9.17) is 11.6 Å². The molecule has 0 aliphatic rings. The molecule has 0 fully saturated rings. The molecule has 0 aliphatic carbocycles. The molecule has 0 unspecified atom stereocenters. The first-order valence-corrected chi connectivity index (χ1v) is 7.09. The van der Waals surface area contributed by atoms with Crippen LogP contribution in [0.5, 0.6) is 0 Å². The van der Waals surface area contributed by atoms with E-state index in [0.29, 0.717) is 10.6 Å². The third-order valence-corrected chi connectivity index (χ3v) is 3.54. The fourth-order valence-corrected chi connectivity index (χ4v) is 2.35. The van der Waals surface area contributed by atoms with E-state index in [0.717, 1.165) is 4.47 Å². The number of carbonyl (C=O) groups is 1. The molecule has 0 saturated carbocycles. The van der Waals surface area contributed by atoms with E-state index < -0.39 is 12.6 Å². The number of nitrogens with zero attached hydrogens (tertiary/aromatic N) is 1. The Labute approximate surface area is 129 Å². The highest BCUT2D eigenvalue weighted by atomic mass is 79.9. The number of halogens is 5. The lowest BCUT2D eigenvalue weighted by atomic mass is 10.1. The molecule has 0 atom stereocenters. The maximum Gasteiger partial charge on any atom is 0.390 e. The van der Waals surface area contributed by atoms with Gasteiger partial charge in [0.15, 0.2) is 5.78 Å². The van der Waals surface area contributed by atoms with Crippen LogP contribution in [-0.4, -0.2) is 37.0 Å². The van der Waals surface area contributed by atoms with E-state index in [1.54, 1.807) is 25.2 Å². The van der Waals surface area contributed by atoms with Crippen molar-refractivity contribution in [2.45, 2.75) is 19.0 Å². The smallest absolute Gasteiger partial charge is 0.306 e. The van der Waals surface area contributed by atoms with Gasteiger partial charge in [-0.3, -0.25) is 4.79 Å². The summed E-state index contributed by atoms with van der Waals surface area (Å²) in [4.78, 5) is 13.4. The number of alkyl halides is 3. The molecule has 0 bridgehead atoms. The minimum atomic E-state index is -4.17. The molecule has 0 spiro atoms. The van der Waals surface area contributed by atoms with Crippen LogP contribution >= 0.6 is 27.5 Å². The van der Waals surface area contributed by atoms with Crippen LogP contribution < -0.4 is 0 Å². The predicted octanol–water partition coefficient (Wildman–Crippen LogP) is 4.56. The highest BCUT2D eigenvalue weighted by Gasteiger charge is 2.27. The second-order valence-electron chi connectivity index (χ2n) is 4.47. The SMILES string of the molecule is CN(CCC(=O)c1ccc(Br)cc1Cl)CCC(F)(F)F. The molecule has 0 aromatic heterocycles. The first-order valence-electron chi connectivity index (χ1n) is 5.92. The van der Waals surface area contributed by atoms with Crippen LogP contribution in [0.1, 0.15) is 23.2 Å². The minimum Gasteiger partial charge on any atom is -0.306 e. The molecule has 2 nitrogen and oxygen atoms in total. The summed E-state index contributed by atoms with van der Waals surface area (Å²) in [5.41, 5.74) is 0.388.